The lowest BCUT2D eigenvalue weighted by atomic mass is 10.2. The maximum atomic E-state index is 13.3. The van der Waals surface area contributed by atoms with Crippen molar-refractivity contribution in [3.8, 4) is 11.4 Å². The number of imidazole rings is 1. The summed E-state index contributed by atoms with van der Waals surface area (Å²) in [6, 6.07) is 9.99. The molecule has 0 unspecified atom stereocenters. The quantitative estimate of drug-likeness (QED) is 0.467. The Morgan fingerprint density at radius 2 is 2.10 bits per heavy atom. The van der Waals surface area contributed by atoms with Crippen LogP contribution in [0, 0.1) is 5.82 Å². The average molecular weight is 413 g/mol. The fourth-order valence-electron chi connectivity index (χ4n) is 2.99. The van der Waals surface area contributed by atoms with Crippen LogP contribution in [0.2, 0.25) is 5.28 Å². The highest BCUT2D eigenvalue weighted by atomic mass is 35.5. The van der Waals surface area contributed by atoms with Gasteiger partial charge in [-0.25, -0.2) is 14.4 Å². The maximum Gasteiger partial charge on any atom is 0.280 e. The number of nitrogens with zero attached hydrogens (tertiary/aromatic N) is 4. The lowest BCUT2D eigenvalue weighted by Crippen LogP contribution is -2.22. The van der Waals surface area contributed by atoms with E-state index >= 15 is 0 Å². The summed E-state index contributed by atoms with van der Waals surface area (Å²) in [4.78, 5) is 28.6. The number of aromatic nitrogens is 5. The van der Waals surface area contributed by atoms with Crippen molar-refractivity contribution in [2.45, 2.75) is 26.4 Å². The molecule has 0 bridgehead atoms. The molecule has 2 N–H and O–H groups in total. The van der Waals surface area contributed by atoms with Crippen LogP contribution in [0.5, 0.6) is 0 Å². The molecule has 4 rings (SSSR count). The van der Waals surface area contributed by atoms with Gasteiger partial charge in [0.25, 0.3) is 5.56 Å². The number of pyridine rings is 1. The largest absolute Gasteiger partial charge is 0.366 e. The second-order valence-corrected chi connectivity index (χ2v) is 6.88. The SMILES string of the molecule is CCCn1c(Cl)nc2nc(-c3ccc(NCc4cccc(F)c4)nc3)[nH]c2c1=O. The molecule has 1 aromatic carbocycles. The molecule has 0 aliphatic carbocycles. The van der Waals surface area contributed by atoms with E-state index in [0.717, 1.165) is 12.0 Å². The number of halogens is 2. The molecule has 0 aliphatic rings. The number of rotatable bonds is 6. The zero-order valence-corrected chi connectivity index (χ0v) is 16.4. The Labute approximate surface area is 170 Å². The normalized spacial score (nSPS) is 11.1. The van der Waals surface area contributed by atoms with Crippen molar-refractivity contribution < 1.29 is 4.39 Å². The lowest BCUT2D eigenvalue weighted by molar-refractivity contribution is 0.626. The summed E-state index contributed by atoms with van der Waals surface area (Å²) in [5.41, 5.74) is 1.86. The molecule has 0 aliphatic heterocycles. The molecule has 29 heavy (non-hydrogen) atoms. The Morgan fingerprint density at radius 3 is 2.83 bits per heavy atom. The van der Waals surface area contributed by atoms with Crippen molar-refractivity contribution in [2.24, 2.45) is 0 Å². The first-order valence-corrected chi connectivity index (χ1v) is 9.53. The second-order valence-electron chi connectivity index (χ2n) is 6.54. The van der Waals surface area contributed by atoms with E-state index in [0.29, 0.717) is 35.8 Å². The lowest BCUT2D eigenvalue weighted by Gasteiger charge is -2.06. The van der Waals surface area contributed by atoms with Crippen LogP contribution in [0.4, 0.5) is 10.2 Å². The average Bonchev–Trinajstić information content (AvgIpc) is 3.14. The summed E-state index contributed by atoms with van der Waals surface area (Å²) in [6.45, 7) is 2.90. The smallest absolute Gasteiger partial charge is 0.280 e. The number of hydrogen-bond acceptors (Lipinski definition) is 5. The van der Waals surface area contributed by atoms with E-state index in [9.17, 15) is 9.18 Å². The number of H-pyrrole nitrogens is 1. The van der Waals surface area contributed by atoms with E-state index < -0.39 is 0 Å². The van der Waals surface area contributed by atoms with Crippen molar-refractivity contribution >= 4 is 28.6 Å². The number of anilines is 1. The molecule has 4 aromatic rings. The minimum Gasteiger partial charge on any atom is -0.366 e. The number of hydrogen-bond donors (Lipinski definition) is 2. The van der Waals surface area contributed by atoms with Crippen molar-refractivity contribution in [1.29, 1.82) is 0 Å². The van der Waals surface area contributed by atoms with Crippen molar-refractivity contribution in [3.05, 3.63) is 69.6 Å². The van der Waals surface area contributed by atoms with Gasteiger partial charge in [0.1, 0.15) is 17.5 Å². The monoisotopic (exact) mass is 412 g/mol. The molecule has 3 heterocycles. The highest BCUT2D eigenvalue weighted by Crippen LogP contribution is 2.20. The van der Waals surface area contributed by atoms with E-state index in [-0.39, 0.29) is 22.3 Å². The van der Waals surface area contributed by atoms with Crippen LogP contribution in [0.3, 0.4) is 0 Å². The summed E-state index contributed by atoms with van der Waals surface area (Å²) in [5.74, 6) is 0.851. The fraction of sp³-hybridized carbons (Fsp3) is 0.200. The highest BCUT2D eigenvalue weighted by Gasteiger charge is 2.14. The number of fused-ring (bicyclic) bond motifs is 1. The number of aromatic amines is 1. The van der Waals surface area contributed by atoms with Crippen LogP contribution in [0.1, 0.15) is 18.9 Å². The van der Waals surface area contributed by atoms with Gasteiger partial charge in [0, 0.05) is 24.8 Å². The van der Waals surface area contributed by atoms with Gasteiger partial charge in [0.15, 0.2) is 11.2 Å². The van der Waals surface area contributed by atoms with Crippen LogP contribution in [0.25, 0.3) is 22.6 Å². The van der Waals surface area contributed by atoms with Gasteiger partial charge in [-0.1, -0.05) is 19.1 Å². The molecule has 0 amide bonds. The van der Waals surface area contributed by atoms with Gasteiger partial charge in [-0.2, -0.15) is 4.98 Å². The number of nitrogens with one attached hydrogen (secondary N) is 2. The van der Waals surface area contributed by atoms with Gasteiger partial charge in [0.05, 0.1) is 0 Å². The maximum absolute atomic E-state index is 13.3. The van der Waals surface area contributed by atoms with Crippen LogP contribution in [0.15, 0.2) is 47.4 Å². The highest BCUT2D eigenvalue weighted by molar-refractivity contribution is 6.28. The molecular weight excluding hydrogens is 395 g/mol. The molecule has 0 saturated carbocycles. The van der Waals surface area contributed by atoms with E-state index in [4.69, 9.17) is 11.6 Å². The third-order valence-electron chi connectivity index (χ3n) is 4.41. The predicted molar refractivity (Wildman–Crippen MR) is 110 cm³/mol. The summed E-state index contributed by atoms with van der Waals surface area (Å²) >= 11 is 6.11. The molecule has 0 radical (unpaired) electrons. The van der Waals surface area contributed by atoms with E-state index in [1.165, 1.54) is 16.7 Å². The molecule has 0 atom stereocenters. The third kappa shape index (κ3) is 3.97. The van der Waals surface area contributed by atoms with E-state index in [1.54, 1.807) is 18.3 Å². The van der Waals surface area contributed by atoms with E-state index in [2.05, 4.69) is 25.3 Å². The van der Waals surface area contributed by atoms with Gasteiger partial charge in [0.2, 0.25) is 5.28 Å². The van der Waals surface area contributed by atoms with Gasteiger partial charge in [-0.05, 0) is 47.9 Å². The van der Waals surface area contributed by atoms with Crippen LogP contribution >= 0.6 is 11.6 Å². The van der Waals surface area contributed by atoms with Crippen molar-refractivity contribution in [1.82, 2.24) is 24.5 Å². The molecule has 0 saturated heterocycles. The molecule has 0 fully saturated rings. The topological polar surface area (TPSA) is 88.5 Å². The van der Waals surface area contributed by atoms with Crippen LogP contribution in [-0.2, 0) is 13.1 Å². The first kappa shape index (κ1) is 19.1. The van der Waals surface area contributed by atoms with Crippen molar-refractivity contribution in [2.75, 3.05) is 5.32 Å². The predicted octanol–water partition coefficient (Wildman–Crippen LogP) is 4.00. The van der Waals surface area contributed by atoms with Gasteiger partial charge < -0.3 is 10.3 Å². The van der Waals surface area contributed by atoms with Crippen LogP contribution < -0.4 is 10.9 Å². The van der Waals surface area contributed by atoms with E-state index in [1.807, 2.05) is 19.1 Å². The Hall–Kier alpha value is -3.26. The first-order chi connectivity index (χ1) is 14.0. The molecule has 3 aromatic heterocycles. The summed E-state index contributed by atoms with van der Waals surface area (Å²) in [6.07, 6.45) is 2.40. The first-order valence-electron chi connectivity index (χ1n) is 9.16. The zero-order chi connectivity index (χ0) is 20.4. The Bertz CT molecular complexity index is 1220. The minimum atomic E-state index is -0.274. The third-order valence-corrected chi connectivity index (χ3v) is 4.70. The van der Waals surface area contributed by atoms with Gasteiger partial charge in [-0.3, -0.25) is 9.36 Å². The van der Waals surface area contributed by atoms with Gasteiger partial charge in [-0.15, -0.1) is 0 Å². The summed E-state index contributed by atoms with van der Waals surface area (Å²) in [5, 5.41) is 3.26. The zero-order valence-electron chi connectivity index (χ0n) is 15.6. The fourth-order valence-corrected chi connectivity index (χ4v) is 3.23. The molecule has 0 spiro atoms. The Morgan fingerprint density at radius 1 is 1.24 bits per heavy atom. The summed E-state index contributed by atoms with van der Waals surface area (Å²) in [7, 11) is 0. The second kappa shape index (κ2) is 8.00. The molecular formula is C20H18ClFN6O. The molecule has 148 valence electrons. The van der Waals surface area contributed by atoms with Crippen LogP contribution in [-0.4, -0.2) is 24.5 Å². The number of benzene rings is 1. The Balaban J connectivity index is 1.56. The Kier molecular flexibility index (Phi) is 5.26. The molecule has 7 nitrogen and oxygen atoms in total. The van der Waals surface area contributed by atoms with Gasteiger partial charge >= 0.3 is 0 Å². The summed E-state index contributed by atoms with van der Waals surface area (Å²) < 4.78 is 14.7. The minimum absolute atomic E-state index is 0.123. The standard InChI is InChI=1S/C20H18ClFN6O/c1-2-8-28-19(29)16-18(27-20(28)21)26-17(25-16)13-6-7-15(24-11-13)23-10-12-4-3-5-14(22)9-12/h3-7,9,11H,2,8,10H2,1H3,(H,23,24)(H,25,26). The van der Waals surface area contributed by atoms with Crippen molar-refractivity contribution in [3.63, 3.8) is 0 Å². The molecule has 9 heteroatoms.